The molecule has 2 aromatic rings. The minimum absolute atomic E-state index is 0.152. The second-order valence-corrected chi connectivity index (χ2v) is 5.48. The van der Waals surface area contributed by atoms with E-state index in [0.29, 0.717) is 16.5 Å². The fourth-order valence-corrected chi connectivity index (χ4v) is 2.87. The van der Waals surface area contributed by atoms with E-state index in [1.165, 1.54) is 6.07 Å². The molecule has 5 heteroatoms. The minimum atomic E-state index is -3.62. The Labute approximate surface area is 105 Å². The Hall–Kier alpha value is -2.32. The summed E-state index contributed by atoms with van der Waals surface area (Å²) in [6.45, 7) is 0. The van der Waals surface area contributed by atoms with Gasteiger partial charge in [0.15, 0.2) is 0 Å². The molecule has 0 heterocycles. The lowest BCUT2D eigenvalue weighted by Gasteiger charge is -2.07. The molecule has 0 aliphatic heterocycles. The number of nitrogens with two attached hydrogens (primary N) is 1. The number of hydrogen-bond acceptors (Lipinski definition) is 4. The van der Waals surface area contributed by atoms with Gasteiger partial charge in [-0.1, -0.05) is 24.3 Å². The second-order valence-electron chi connectivity index (χ2n) is 3.68. The van der Waals surface area contributed by atoms with Gasteiger partial charge in [-0.15, -0.1) is 0 Å². The molecule has 0 atom stereocenters. The van der Waals surface area contributed by atoms with E-state index in [2.05, 4.69) is 0 Å². The van der Waals surface area contributed by atoms with Crippen molar-refractivity contribution >= 4 is 26.3 Å². The van der Waals surface area contributed by atoms with Crippen molar-refractivity contribution in [3.8, 4) is 6.07 Å². The molecule has 0 bridgehead atoms. The molecule has 0 spiro atoms. The molecule has 2 rings (SSSR count). The first-order chi connectivity index (χ1) is 8.56. The molecule has 0 fully saturated rings. The summed E-state index contributed by atoms with van der Waals surface area (Å²) in [4.78, 5) is 0.152. The lowest BCUT2D eigenvalue weighted by molar-refractivity contribution is 0.605. The van der Waals surface area contributed by atoms with E-state index >= 15 is 0 Å². The fraction of sp³-hybridized carbons (Fsp3) is 0. The van der Waals surface area contributed by atoms with E-state index in [9.17, 15) is 8.42 Å². The summed E-state index contributed by atoms with van der Waals surface area (Å²) in [5, 5.41) is 10.5. The molecule has 0 aromatic heterocycles. The second kappa shape index (κ2) is 4.51. The molecule has 0 unspecified atom stereocenters. The van der Waals surface area contributed by atoms with Gasteiger partial charge in [0.25, 0.3) is 0 Å². The van der Waals surface area contributed by atoms with E-state index in [-0.39, 0.29) is 4.90 Å². The van der Waals surface area contributed by atoms with Crippen LogP contribution in [0.5, 0.6) is 0 Å². The van der Waals surface area contributed by atoms with Gasteiger partial charge in [-0.2, -0.15) is 5.26 Å². The highest BCUT2D eigenvalue weighted by atomic mass is 32.2. The van der Waals surface area contributed by atoms with Gasteiger partial charge < -0.3 is 5.73 Å². The van der Waals surface area contributed by atoms with Crippen LogP contribution in [0.3, 0.4) is 0 Å². The molecule has 90 valence electrons. The summed E-state index contributed by atoms with van der Waals surface area (Å²) >= 11 is 0. The lowest BCUT2D eigenvalue weighted by Crippen LogP contribution is -1.99. The number of fused-ring (bicyclic) bond motifs is 1. The van der Waals surface area contributed by atoms with Gasteiger partial charge in [0.05, 0.1) is 11.0 Å². The number of nitrogen functional groups attached to an aromatic ring is 1. The molecule has 2 N–H and O–H groups in total. The molecule has 0 saturated heterocycles. The van der Waals surface area contributed by atoms with Crippen molar-refractivity contribution < 1.29 is 8.42 Å². The van der Waals surface area contributed by atoms with Gasteiger partial charge in [0.1, 0.15) is 0 Å². The van der Waals surface area contributed by atoms with Gasteiger partial charge in [0.2, 0.25) is 9.84 Å². The van der Waals surface area contributed by atoms with Gasteiger partial charge >= 0.3 is 0 Å². The normalized spacial score (nSPS) is 11.7. The summed E-state index contributed by atoms with van der Waals surface area (Å²) in [7, 11) is -3.62. The maximum atomic E-state index is 12.0. The van der Waals surface area contributed by atoms with Crippen LogP contribution >= 0.6 is 0 Å². The number of hydrogen-bond donors (Lipinski definition) is 1. The number of nitrogens with zero attached hydrogens (tertiary/aromatic N) is 1. The minimum Gasteiger partial charge on any atom is -0.398 e. The zero-order chi connectivity index (χ0) is 13.2. The van der Waals surface area contributed by atoms with E-state index in [0.717, 1.165) is 11.5 Å². The first kappa shape index (κ1) is 12.1. The summed E-state index contributed by atoms with van der Waals surface area (Å²) in [5.41, 5.74) is 6.33. The lowest BCUT2D eigenvalue weighted by atomic mass is 10.1. The van der Waals surface area contributed by atoms with E-state index < -0.39 is 9.84 Å². The van der Waals surface area contributed by atoms with Crippen molar-refractivity contribution in [2.75, 3.05) is 5.73 Å². The number of nitriles is 1. The summed E-state index contributed by atoms with van der Waals surface area (Å²) in [6.07, 6.45) is 0.945. The summed E-state index contributed by atoms with van der Waals surface area (Å²) < 4.78 is 24.1. The van der Waals surface area contributed by atoms with Crippen molar-refractivity contribution in [2.24, 2.45) is 0 Å². The number of allylic oxidation sites excluding steroid dienone is 1. The van der Waals surface area contributed by atoms with Crippen molar-refractivity contribution in [3.63, 3.8) is 0 Å². The highest BCUT2D eigenvalue weighted by molar-refractivity contribution is 7.94. The predicted molar refractivity (Wildman–Crippen MR) is 70.3 cm³/mol. The predicted octanol–water partition coefficient (Wildman–Crippen LogP) is 2.23. The fourth-order valence-electron chi connectivity index (χ4n) is 1.74. The van der Waals surface area contributed by atoms with Gasteiger partial charge in [-0.3, -0.25) is 0 Å². The van der Waals surface area contributed by atoms with Crippen LogP contribution in [0.1, 0.15) is 0 Å². The van der Waals surface area contributed by atoms with Gasteiger partial charge in [-0.05, 0) is 12.1 Å². The molecule has 0 aliphatic carbocycles. The third-order valence-electron chi connectivity index (χ3n) is 2.55. The zero-order valence-corrected chi connectivity index (χ0v) is 10.2. The molecule has 0 radical (unpaired) electrons. The van der Waals surface area contributed by atoms with Crippen LogP contribution in [-0.4, -0.2) is 8.42 Å². The first-order valence-corrected chi connectivity index (χ1v) is 6.69. The van der Waals surface area contributed by atoms with Crippen LogP contribution in [0.25, 0.3) is 10.8 Å². The Morgan fingerprint density at radius 1 is 1.11 bits per heavy atom. The highest BCUT2D eigenvalue weighted by Gasteiger charge is 2.15. The highest BCUT2D eigenvalue weighted by Crippen LogP contribution is 2.28. The Morgan fingerprint density at radius 3 is 2.44 bits per heavy atom. The largest absolute Gasteiger partial charge is 0.398 e. The van der Waals surface area contributed by atoms with Gasteiger partial charge in [-0.25, -0.2) is 8.42 Å². The molecular formula is C13H10N2O2S. The zero-order valence-electron chi connectivity index (χ0n) is 9.37. The summed E-state index contributed by atoms with van der Waals surface area (Å²) in [6, 6.07) is 11.7. The molecule has 2 aromatic carbocycles. The third-order valence-corrected chi connectivity index (χ3v) is 4.01. The molecule has 0 saturated carbocycles. The molecule has 4 nitrogen and oxygen atoms in total. The molecule has 18 heavy (non-hydrogen) atoms. The number of anilines is 1. The summed E-state index contributed by atoms with van der Waals surface area (Å²) in [5.74, 6) is 0. The molecular weight excluding hydrogens is 248 g/mol. The maximum Gasteiger partial charge on any atom is 0.201 e. The Balaban J connectivity index is 2.79. The quantitative estimate of drug-likeness (QED) is 0.661. The maximum absolute atomic E-state index is 12.0. The van der Waals surface area contributed by atoms with Crippen molar-refractivity contribution in [1.82, 2.24) is 0 Å². The number of sulfone groups is 1. The van der Waals surface area contributed by atoms with Crippen LogP contribution in [0.4, 0.5) is 5.69 Å². The average Bonchev–Trinajstić information content (AvgIpc) is 2.37. The van der Waals surface area contributed by atoms with E-state index in [1.807, 2.05) is 0 Å². The standard InChI is InChI=1S/C13H10N2O2S/c14-8-3-9-18(16,17)13-7-6-12(15)10-4-1-2-5-11(10)13/h1-7,9H,15H2/b9-3+. The molecule has 0 amide bonds. The van der Waals surface area contributed by atoms with Crippen LogP contribution in [0, 0.1) is 11.3 Å². The number of benzene rings is 2. The smallest absolute Gasteiger partial charge is 0.201 e. The van der Waals surface area contributed by atoms with Crippen LogP contribution in [0.15, 0.2) is 52.8 Å². The number of rotatable bonds is 2. The SMILES string of the molecule is N#C/C=C/S(=O)(=O)c1ccc(N)c2ccccc12. The van der Waals surface area contributed by atoms with Crippen molar-refractivity contribution in [1.29, 1.82) is 5.26 Å². The van der Waals surface area contributed by atoms with Gasteiger partial charge in [0, 0.05) is 27.9 Å². The van der Waals surface area contributed by atoms with E-state index in [4.69, 9.17) is 11.0 Å². The van der Waals surface area contributed by atoms with Crippen LogP contribution in [0.2, 0.25) is 0 Å². The third kappa shape index (κ3) is 2.06. The molecule has 0 aliphatic rings. The van der Waals surface area contributed by atoms with Crippen molar-refractivity contribution in [3.05, 3.63) is 47.9 Å². The Kier molecular flexibility index (Phi) is 3.04. The van der Waals surface area contributed by atoms with Crippen molar-refractivity contribution in [2.45, 2.75) is 4.90 Å². The Morgan fingerprint density at radius 2 is 1.78 bits per heavy atom. The topological polar surface area (TPSA) is 84.0 Å². The average molecular weight is 258 g/mol. The Bertz CT molecular complexity index is 771. The monoisotopic (exact) mass is 258 g/mol. The van der Waals surface area contributed by atoms with Crippen LogP contribution in [-0.2, 0) is 9.84 Å². The van der Waals surface area contributed by atoms with Crippen LogP contribution < -0.4 is 5.73 Å². The first-order valence-electron chi connectivity index (χ1n) is 5.15. The van der Waals surface area contributed by atoms with E-state index in [1.54, 1.807) is 36.4 Å².